The van der Waals surface area contributed by atoms with E-state index in [0.717, 1.165) is 21.1 Å². The number of nitrogens with zero attached hydrogens (tertiary/aromatic N) is 3. The van der Waals surface area contributed by atoms with Crippen LogP contribution in [-0.2, 0) is 6.54 Å². The zero-order valence-electron chi connectivity index (χ0n) is 19.5. The van der Waals surface area contributed by atoms with Gasteiger partial charge in [0, 0.05) is 23.2 Å². The molecular formula is C25H23ClN6O3S. The summed E-state index contributed by atoms with van der Waals surface area (Å²) in [5, 5.41) is 9.80. The minimum atomic E-state index is -0.674. The number of halogens is 1. The second-order valence-electron chi connectivity index (χ2n) is 7.51. The van der Waals surface area contributed by atoms with E-state index < -0.39 is 11.6 Å². The number of carbonyl (C=O) groups excluding carboxylic acids is 1. The zero-order chi connectivity index (χ0) is 25.7. The molecule has 4 aromatic rings. The molecule has 0 aliphatic carbocycles. The number of methoxy groups -OCH3 is 1. The number of nitrogens with one attached hydrogen (secondary N) is 2. The lowest BCUT2D eigenvalue weighted by Gasteiger charge is -2.13. The summed E-state index contributed by atoms with van der Waals surface area (Å²) < 4.78 is 6.74. The van der Waals surface area contributed by atoms with Crippen LogP contribution in [-0.4, -0.2) is 27.9 Å². The minimum absolute atomic E-state index is 0.0610. The SMILES string of the molecule is CCn1nc(-c2cccc(Sc3ccccc3OC)c2)cc(NC(=O)Nc2c(N)cncc2Cl)c1=O. The van der Waals surface area contributed by atoms with Gasteiger partial charge >= 0.3 is 6.03 Å². The molecule has 9 nitrogen and oxygen atoms in total. The van der Waals surface area contributed by atoms with Crippen LogP contribution >= 0.6 is 23.4 Å². The number of hydrogen-bond donors (Lipinski definition) is 3. The highest BCUT2D eigenvalue weighted by molar-refractivity contribution is 7.99. The van der Waals surface area contributed by atoms with Crippen molar-refractivity contribution in [2.24, 2.45) is 0 Å². The summed E-state index contributed by atoms with van der Waals surface area (Å²) in [6.07, 6.45) is 2.73. The number of aryl methyl sites for hydroxylation is 1. The number of carbonyl (C=O) groups is 1. The molecule has 2 aromatic heterocycles. The molecule has 36 heavy (non-hydrogen) atoms. The van der Waals surface area contributed by atoms with E-state index in [4.69, 9.17) is 22.1 Å². The van der Waals surface area contributed by atoms with Gasteiger partial charge in [0.2, 0.25) is 0 Å². The first kappa shape index (κ1) is 25.1. The van der Waals surface area contributed by atoms with Gasteiger partial charge in [-0.1, -0.05) is 47.6 Å². The monoisotopic (exact) mass is 522 g/mol. The number of para-hydroxylation sites is 1. The van der Waals surface area contributed by atoms with Crippen molar-refractivity contribution < 1.29 is 9.53 Å². The number of amides is 2. The van der Waals surface area contributed by atoms with Crippen LogP contribution in [0.5, 0.6) is 5.75 Å². The molecule has 0 saturated carbocycles. The van der Waals surface area contributed by atoms with Crippen LogP contribution in [0.15, 0.2) is 81.6 Å². The Morgan fingerprint density at radius 1 is 1.14 bits per heavy atom. The number of nitrogens with two attached hydrogens (primary N) is 1. The fraction of sp³-hybridized carbons (Fsp3) is 0.120. The predicted molar refractivity (Wildman–Crippen MR) is 143 cm³/mol. The van der Waals surface area contributed by atoms with Gasteiger partial charge in [-0.25, -0.2) is 9.48 Å². The highest BCUT2D eigenvalue weighted by atomic mass is 35.5. The van der Waals surface area contributed by atoms with E-state index >= 15 is 0 Å². The number of hydrogen-bond acceptors (Lipinski definition) is 7. The maximum absolute atomic E-state index is 12.9. The van der Waals surface area contributed by atoms with Crippen LogP contribution in [0.3, 0.4) is 0 Å². The van der Waals surface area contributed by atoms with Gasteiger partial charge in [0.1, 0.15) is 11.4 Å². The van der Waals surface area contributed by atoms with Crippen molar-refractivity contribution in [2.45, 2.75) is 23.3 Å². The topological polar surface area (TPSA) is 124 Å². The van der Waals surface area contributed by atoms with Crippen LogP contribution in [0.25, 0.3) is 11.3 Å². The average molecular weight is 523 g/mol. The highest BCUT2D eigenvalue weighted by Gasteiger charge is 2.15. The van der Waals surface area contributed by atoms with E-state index in [-0.39, 0.29) is 22.1 Å². The van der Waals surface area contributed by atoms with Crippen molar-refractivity contribution in [3.8, 4) is 17.0 Å². The number of benzene rings is 2. The molecule has 0 atom stereocenters. The molecule has 0 aliphatic rings. The lowest BCUT2D eigenvalue weighted by atomic mass is 10.1. The minimum Gasteiger partial charge on any atom is -0.496 e. The summed E-state index contributed by atoms with van der Waals surface area (Å²) in [4.78, 5) is 31.3. The molecule has 184 valence electrons. The number of nitrogen functional groups attached to an aromatic ring is 1. The summed E-state index contributed by atoms with van der Waals surface area (Å²) in [5.74, 6) is 0.776. The van der Waals surface area contributed by atoms with Crippen molar-refractivity contribution >= 4 is 46.5 Å². The van der Waals surface area contributed by atoms with Gasteiger partial charge in [0.15, 0.2) is 0 Å². The fourth-order valence-corrected chi connectivity index (χ4v) is 4.58. The molecule has 0 aliphatic heterocycles. The number of pyridine rings is 1. The van der Waals surface area contributed by atoms with E-state index in [0.29, 0.717) is 12.2 Å². The lowest BCUT2D eigenvalue weighted by molar-refractivity contribution is 0.262. The molecule has 2 heterocycles. The van der Waals surface area contributed by atoms with Crippen molar-refractivity contribution in [3.05, 3.63) is 82.4 Å². The molecule has 0 unspecified atom stereocenters. The first-order valence-corrected chi connectivity index (χ1v) is 12.1. The lowest BCUT2D eigenvalue weighted by Crippen LogP contribution is -2.30. The van der Waals surface area contributed by atoms with Crippen molar-refractivity contribution in [2.75, 3.05) is 23.5 Å². The molecule has 0 saturated heterocycles. The zero-order valence-corrected chi connectivity index (χ0v) is 21.1. The van der Waals surface area contributed by atoms with Crippen LogP contribution < -0.4 is 26.7 Å². The molecule has 0 bridgehead atoms. The molecule has 2 aromatic carbocycles. The van der Waals surface area contributed by atoms with Gasteiger partial charge in [0.05, 0.1) is 40.3 Å². The highest BCUT2D eigenvalue weighted by Crippen LogP contribution is 2.36. The number of urea groups is 1. The average Bonchev–Trinajstić information content (AvgIpc) is 2.88. The van der Waals surface area contributed by atoms with E-state index in [1.54, 1.807) is 31.9 Å². The van der Waals surface area contributed by atoms with E-state index in [2.05, 4.69) is 20.7 Å². The molecular weight excluding hydrogens is 500 g/mol. The Morgan fingerprint density at radius 2 is 1.94 bits per heavy atom. The van der Waals surface area contributed by atoms with Crippen molar-refractivity contribution in [1.82, 2.24) is 14.8 Å². The van der Waals surface area contributed by atoms with Gasteiger partial charge in [-0.2, -0.15) is 5.10 Å². The largest absolute Gasteiger partial charge is 0.496 e. The van der Waals surface area contributed by atoms with Crippen LogP contribution in [0, 0.1) is 0 Å². The summed E-state index contributed by atoms with van der Waals surface area (Å²) >= 11 is 7.63. The van der Waals surface area contributed by atoms with Gasteiger partial charge in [-0.3, -0.25) is 9.78 Å². The van der Waals surface area contributed by atoms with E-state index in [1.165, 1.54) is 17.1 Å². The smallest absolute Gasteiger partial charge is 0.323 e. The number of rotatable bonds is 7. The van der Waals surface area contributed by atoms with Gasteiger partial charge in [0.25, 0.3) is 5.56 Å². The molecule has 4 N–H and O–H groups in total. The maximum atomic E-state index is 12.9. The molecule has 0 fully saturated rings. The van der Waals surface area contributed by atoms with Gasteiger partial charge in [-0.05, 0) is 37.3 Å². The Morgan fingerprint density at radius 3 is 2.69 bits per heavy atom. The second-order valence-corrected chi connectivity index (χ2v) is 9.03. The first-order valence-electron chi connectivity index (χ1n) is 10.9. The fourth-order valence-electron chi connectivity index (χ4n) is 3.38. The second kappa shape index (κ2) is 11.1. The molecule has 11 heteroatoms. The molecule has 4 rings (SSSR count). The summed E-state index contributed by atoms with van der Waals surface area (Å²) in [6, 6.07) is 16.4. The van der Waals surface area contributed by atoms with Crippen LogP contribution in [0.4, 0.5) is 21.9 Å². The Hall–Kier alpha value is -4.02. The predicted octanol–water partition coefficient (Wildman–Crippen LogP) is 5.36. The quantitative estimate of drug-likeness (QED) is 0.298. The van der Waals surface area contributed by atoms with Crippen LogP contribution in [0.1, 0.15) is 6.92 Å². The third-order valence-electron chi connectivity index (χ3n) is 5.12. The summed E-state index contributed by atoms with van der Waals surface area (Å²) in [5.41, 5.74) is 7.18. The Labute approximate surface area is 216 Å². The molecule has 0 spiro atoms. The number of ether oxygens (including phenoxy) is 1. The Bertz CT molecular complexity index is 1460. The van der Waals surface area contributed by atoms with E-state index in [9.17, 15) is 9.59 Å². The standard InChI is InChI=1S/C25H23ClN6O3S/c1-3-32-24(33)20(29-25(34)30-23-17(26)13-28-14-18(23)27)12-19(31-32)15-7-6-8-16(11-15)36-22-10-5-4-9-21(22)35-2/h4-14H,3,27H2,1-2H3,(H2,28,29,30,34). The summed E-state index contributed by atoms with van der Waals surface area (Å²) in [6.45, 7) is 2.12. The maximum Gasteiger partial charge on any atom is 0.323 e. The third kappa shape index (κ3) is 5.61. The van der Waals surface area contributed by atoms with Crippen LogP contribution in [0.2, 0.25) is 5.02 Å². The van der Waals surface area contributed by atoms with Gasteiger partial charge in [-0.15, -0.1) is 0 Å². The number of aromatic nitrogens is 3. The number of anilines is 3. The molecule has 0 radical (unpaired) electrons. The summed E-state index contributed by atoms with van der Waals surface area (Å²) in [7, 11) is 1.63. The first-order chi connectivity index (χ1) is 17.4. The van der Waals surface area contributed by atoms with Gasteiger partial charge < -0.3 is 21.1 Å². The normalized spacial score (nSPS) is 10.6. The van der Waals surface area contributed by atoms with Crippen molar-refractivity contribution in [1.29, 1.82) is 0 Å². The molecule has 2 amide bonds. The Kier molecular flexibility index (Phi) is 7.77. The Balaban J connectivity index is 1.63. The van der Waals surface area contributed by atoms with Crippen molar-refractivity contribution in [3.63, 3.8) is 0 Å². The third-order valence-corrected chi connectivity index (χ3v) is 6.45. The van der Waals surface area contributed by atoms with E-state index in [1.807, 2.05) is 48.5 Å².